The van der Waals surface area contributed by atoms with Crippen molar-refractivity contribution in [2.45, 2.75) is 51.6 Å². The fourth-order valence-electron chi connectivity index (χ4n) is 2.53. The number of hydrogen-bond donors (Lipinski definition) is 2. The van der Waals surface area contributed by atoms with Gasteiger partial charge in [0.15, 0.2) is 0 Å². The van der Waals surface area contributed by atoms with Crippen LogP contribution in [0.3, 0.4) is 0 Å². The Labute approximate surface area is 126 Å². The van der Waals surface area contributed by atoms with Crippen LogP contribution in [0.1, 0.15) is 37.7 Å². The summed E-state index contributed by atoms with van der Waals surface area (Å²) >= 11 is 3.22. The molecule has 2 rings (SSSR count). The van der Waals surface area contributed by atoms with Crippen molar-refractivity contribution in [3.05, 3.63) is 26.6 Å². The highest BCUT2D eigenvalue weighted by Gasteiger charge is 2.17. The lowest BCUT2D eigenvalue weighted by Crippen LogP contribution is -2.40. The predicted molar refractivity (Wildman–Crippen MR) is 82.6 cm³/mol. The summed E-state index contributed by atoms with van der Waals surface area (Å²) in [5.74, 6) is -0.130. The van der Waals surface area contributed by atoms with Gasteiger partial charge in [0.1, 0.15) is 6.54 Å². The van der Waals surface area contributed by atoms with Gasteiger partial charge in [0.05, 0.1) is 10.2 Å². The van der Waals surface area contributed by atoms with Crippen LogP contribution in [0.15, 0.2) is 15.5 Å². The second kappa shape index (κ2) is 6.43. The van der Waals surface area contributed by atoms with Gasteiger partial charge in [0, 0.05) is 12.2 Å². The number of carbonyl (C=O) groups is 1. The zero-order valence-corrected chi connectivity index (χ0v) is 13.2. The molecule has 1 aliphatic carbocycles. The summed E-state index contributed by atoms with van der Waals surface area (Å²) in [5.41, 5.74) is 6.81. The average molecular weight is 342 g/mol. The van der Waals surface area contributed by atoms with Crippen LogP contribution < -0.4 is 16.6 Å². The first-order valence-electron chi connectivity index (χ1n) is 6.93. The van der Waals surface area contributed by atoms with E-state index in [9.17, 15) is 9.59 Å². The molecule has 5 nitrogen and oxygen atoms in total. The molecule has 0 bridgehead atoms. The van der Waals surface area contributed by atoms with Crippen LogP contribution in [0.25, 0.3) is 0 Å². The van der Waals surface area contributed by atoms with E-state index >= 15 is 0 Å². The largest absolute Gasteiger partial charge is 0.397 e. The summed E-state index contributed by atoms with van der Waals surface area (Å²) in [6, 6.07) is 0.248. The van der Waals surface area contributed by atoms with Crippen LogP contribution in [0.4, 0.5) is 5.69 Å². The maximum Gasteiger partial charge on any atom is 0.265 e. The van der Waals surface area contributed by atoms with Crippen molar-refractivity contribution >= 4 is 27.5 Å². The van der Waals surface area contributed by atoms with Crippen LogP contribution in [0.2, 0.25) is 0 Å². The molecule has 0 unspecified atom stereocenters. The summed E-state index contributed by atoms with van der Waals surface area (Å²) in [6.45, 7) is 1.78. The summed E-state index contributed by atoms with van der Waals surface area (Å²) in [7, 11) is 0. The molecule has 0 radical (unpaired) electrons. The first-order valence-corrected chi connectivity index (χ1v) is 7.72. The number of nitrogens with one attached hydrogen (secondary N) is 1. The van der Waals surface area contributed by atoms with E-state index < -0.39 is 0 Å². The van der Waals surface area contributed by atoms with Gasteiger partial charge in [-0.25, -0.2) is 0 Å². The highest BCUT2D eigenvalue weighted by molar-refractivity contribution is 9.10. The van der Waals surface area contributed by atoms with Crippen molar-refractivity contribution in [1.82, 2.24) is 9.88 Å². The third-order valence-corrected chi connectivity index (χ3v) is 4.72. The van der Waals surface area contributed by atoms with Gasteiger partial charge in [-0.2, -0.15) is 0 Å². The highest BCUT2D eigenvalue weighted by Crippen LogP contribution is 2.18. The fourth-order valence-corrected chi connectivity index (χ4v) is 2.99. The molecule has 0 spiro atoms. The molecule has 0 aliphatic heterocycles. The Morgan fingerprint density at radius 2 is 2.10 bits per heavy atom. The number of anilines is 1. The van der Waals surface area contributed by atoms with Gasteiger partial charge in [0.25, 0.3) is 5.56 Å². The van der Waals surface area contributed by atoms with Gasteiger partial charge in [-0.1, -0.05) is 19.3 Å². The molecule has 1 aromatic heterocycles. The van der Waals surface area contributed by atoms with Gasteiger partial charge in [0.2, 0.25) is 5.91 Å². The number of rotatable bonds is 3. The van der Waals surface area contributed by atoms with Crippen LogP contribution in [0.5, 0.6) is 0 Å². The molecule has 1 amide bonds. The molecule has 1 heterocycles. The maximum absolute atomic E-state index is 12.1. The van der Waals surface area contributed by atoms with Crippen LogP contribution in [0, 0.1) is 6.92 Å². The molecule has 20 heavy (non-hydrogen) atoms. The molecule has 1 aromatic rings. The number of carbonyl (C=O) groups excluding carboxylic acids is 1. The van der Waals surface area contributed by atoms with E-state index in [0.29, 0.717) is 15.7 Å². The van der Waals surface area contributed by atoms with Crippen molar-refractivity contribution in [3.8, 4) is 0 Å². The molecule has 0 saturated heterocycles. The molecule has 1 aliphatic rings. The van der Waals surface area contributed by atoms with Gasteiger partial charge >= 0.3 is 0 Å². The molecule has 3 N–H and O–H groups in total. The number of amides is 1. The third-order valence-electron chi connectivity index (χ3n) is 3.79. The normalized spacial score (nSPS) is 16.1. The lowest BCUT2D eigenvalue weighted by atomic mass is 9.95. The number of halogens is 1. The Hall–Kier alpha value is -1.30. The number of nitrogens with two attached hydrogens (primary N) is 1. The first kappa shape index (κ1) is 15.1. The average Bonchev–Trinajstić information content (AvgIpc) is 2.43. The van der Waals surface area contributed by atoms with E-state index in [2.05, 4.69) is 21.2 Å². The molecule has 110 valence electrons. The van der Waals surface area contributed by atoms with E-state index in [-0.39, 0.29) is 24.1 Å². The van der Waals surface area contributed by atoms with Crippen molar-refractivity contribution in [3.63, 3.8) is 0 Å². The molecule has 1 saturated carbocycles. The minimum Gasteiger partial charge on any atom is -0.397 e. The predicted octanol–water partition coefficient (Wildman–Crippen LogP) is 1.95. The summed E-state index contributed by atoms with van der Waals surface area (Å²) in [5, 5.41) is 2.99. The topological polar surface area (TPSA) is 77.1 Å². The van der Waals surface area contributed by atoms with Gasteiger partial charge in [-0.05, 0) is 41.3 Å². The smallest absolute Gasteiger partial charge is 0.265 e. The second-order valence-electron chi connectivity index (χ2n) is 5.36. The maximum atomic E-state index is 12.1. The standard InChI is InChI=1S/C14H20BrN3O2/c1-9-11(16)7-18(14(20)13(9)15)8-12(19)17-10-5-3-2-4-6-10/h7,10H,2-6,8,16H2,1H3,(H,17,19). The Bertz CT molecular complexity index is 562. The lowest BCUT2D eigenvalue weighted by molar-refractivity contribution is -0.122. The Balaban J connectivity index is 2.06. The summed E-state index contributed by atoms with van der Waals surface area (Å²) in [6.07, 6.45) is 7.15. The first-order chi connectivity index (χ1) is 9.49. The molecular formula is C14H20BrN3O2. The SMILES string of the molecule is Cc1c(N)cn(CC(=O)NC2CCCCC2)c(=O)c1Br. The number of hydrogen-bond acceptors (Lipinski definition) is 3. The second-order valence-corrected chi connectivity index (χ2v) is 6.15. The van der Waals surface area contributed by atoms with Crippen molar-refractivity contribution < 1.29 is 4.79 Å². The van der Waals surface area contributed by atoms with Crippen LogP contribution in [-0.4, -0.2) is 16.5 Å². The van der Waals surface area contributed by atoms with E-state index in [1.807, 2.05) is 0 Å². The van der Waals surface area contributed by atoms with Crippen molar-refractivity contribution in [2.75, 3.05) is 5.73 Å². The number of nitrogen functional groups attached to an aromatic ring is 1. The monoisotopic (exact) mass is 341 g/mol. The Kier molecular flexibility index (Phi) is 4.86. The van der Waals surface area contributed by atoms with Crippen LogP contribution in [-0.2, 0) is 11.3 Å². The van der Waals surface area contributed by atoms with E-state index in [4.69, 9.17) is 5.73 Å². The minimum atomic E-state index is -0.226. The summed E-state index contributed by atoms with van der Waals surface area (Å²) < 4.78 is 1.77. The highest BCUT2D eigenvalue weighted by atomic mass is 79.9. The van der Waals surface area contributed by atoms with Crippen LogP contribution >= 0.6 is 15.9 Å². The molecule has 6 heteroatoms. The molecule has 0 atom stereocenters. The lowest BCUT2D eigenvalue weighted by Gasteiger charge is -2.23. The third kappa shape index (κ3) is 3.42. The zero-order valence-electron chi connectivity index (χ0n) is 11.6. The van der Waals surface area contributed by atoms with E-state index in [1.165, 1.54) is 17.2 Å². The Morgan fingerprint density at radius 1 is 1.45 bits per heavy atom. The Morgan fingerprint density at radius 3 is 2.75 bits per heavy atom. The van der Waals surface area contributed by atoms with E-state index in [1.54, 1.807) is 6.92 Å². The molecular weight excluding hydrogens is 322 g/mol. The van der Waals surface area contributed by atoms with Crippen molar-refractivity contribution in [2.24, 2.45) is 0 Å². The van der Waals surface area contributed by atoms with E-state index in [0.717, 1.165) is 25.7 Å². The molecule has 1 fully saturated rings. The van der Waals surface area contributed by atoms with Gasteiger partial charge in [-0.15, -0.1) is 0 Å². The van der Waals surface area contributed by atoms with Gasteiger partial charge in [-0.3, -0.25) is 9.59 Å². The number of nitrogens with zero attached hydrogens (tertiary/aromatic N) is 1. The quantitative estimate of drug-likeness (QED) is 0.881. The number of aromatic nitrogens is 1. The zero-order chi connectivity index (χ0) is 14.7. The number of pyridine rings is 1. The van der Waals surface area contributed by atoms with Crippen molar-refractivity contribution in [1.29, 1.82) is 0 Å². The minimum absolute atomic E-state index is 0.0123. The fraction of sp³-hybridized carbons (Fsp3) is 0.571. The molecule has 0 aromatic carbocycles. The summed E-state index contributed by atoms with van der Waals surface area (Å²) in [4.78, 5) is 24.1. The van der Waals surface area contributed by atoms with Gasteiger partial charge < -0.3 is 15.6 Å².